The molecule has 0 aliphatic carbocycles. The molecule has 0 fully saturated rings. The van der Waals surface area contributed by atoms with Crippen molar-refractivity contribution in [3.8, 4) is 0 Å². The summed E-state index contributed by atoms with van der Waals surface area (Å²) in [5, 5.41) is 3.62. The Labute approximate surface area is 128 Å². The first-order valence-corrected chi connectivity index (χ1v) is 6.83. The predicted octanol–water partition coefficient (Wildman–Crippen LogP) is 4.59. The van der Waals surface area contributed by atoms with Crippen LogP contribution in [0.3, 0.4) is 0 Å². The Hall–Kier alpha value is -1.23. The zero-order valence-electron chi connectivity index (χ0n) is 9.58. The Morgan fingerprint density at radius 2 is 1.84 bits per heavy atom. The Kier molecular flexibility index (Phi) is 4.34. The monoisotopic (exact) mass is 358 g/mol. The molecule has 98 valence electrons. The molecule has 19 heavy (non-hydrogen) atoms. The highest BCUT2D eigenvalue weighted by molar-refractivity contribution is 9.10. The third kappa shape index (κ3) is 3.41. The number of amides is 1. The number of rotatable bonds is 2. The van der Waals surface area contributed by atoms with E-state index in [0.29, 0.717) is 31.5 Å². The van der Waals surface area contributed by atoms with Crippen LogP contribution >= 0.6 is 39.1 Å². The van der Waals surface area contributed by atoms with Gasteiger partial charge in [0.05, 0.1) is 15.6 Å². The van der Waals surface area contributed by atoms with Gasteiger partial charge in [0, 0.05) is 15.8 Å². The predicted molar refractivity (Wildman–Crippen MR) is 83.0 cm³/mol. The molecule has 2 aromatic carbocycles. The summed E-state index contributed by atoms with van der Waals surface area (Å²) in [4.78, 5) is 12.1. The fourth-order valence-electron chi connectivity index (χ4n) is 1.49. The molecule has 1 amide bonds. The quantitative estimate of drug-likeness (QED) is 0.770. The maximum atomic E-state index is 12.1. The van der Waals surface area contributed by atoms with Crippen LogP contribution in [-0.4, -0.2) is 5.91 Å². The van der Waals surface area contributed by atoms with Gasteiger partial charge in [0.15, 0.2) is 0 Å². The van der Waals surface area contributed by atoms with E-state index in [4.69, 9.17) is 28.9 Å². The van der Waals surface area contributed by atoms with Gasteiger partial charge in [-0.15, -0.1) is 0 Å². The summed E-state index contributed by atoms with van der Waals surface area (Å²) in [7, 11) is 0. The number of nitrogens with two attached hydrogens (primary N) is 1. The van der Waals surface area contributed by atoms with Crippen molar-refractivity contribution in [2.24, 2.45) is 0 Å². The summed E-state index contributed by atoms with van der Waals surface area (Å²) in [6.07, 6.45) is 0. The van der Waals surface area contributed by atoms with Gasteiger partial charge in [0.25, 0.3) is 5.91 Å². The molecule has 6 heteroatoms. The lowest BCUT2D eigenvalue weighted by molar-refractivity contribution is 0.102. The lowest BCUT2D eigenvalue weighted by atomic mass is 10.2. The second-order valence-corrected chi connectivity index (χ2v) is 5.49. The van der Waals surface area contributed by atoms with Crippen molar-refractivity contribution in [1.82, 2.24) is 0 Å². The first-order valence-electron chi connectivity index (χ1n) is 5.29. The lowest BCUT2D eigenvalue weighted by Crippen LogP contribution is -2.12. The molecule has 0 aliphatic heterocycles. The first kappa shape index (κ1) is 14.2. The molecule has 0 atom stereocenters. The van der Waals surface area contributed by atoms with Gasteiger partial charge < -0.3 is 11.1 Å². The molecule has 0 aromatic heterocycles. The zero-order chi connectivity index (χ0) is 14.0. The number of nitrogen functional groups attached to an aromatic ring is 1. The molecule has 0 aliphatic rings. The van der Waals surface area contributed by atoms with E-state index in [0.717, 1.165) is 0 Å². The molecule has 0 heterocycles. The number of anilines is 2. The van der Waals surface area contributed by atoms with Gasteiger partial charge in [-0.05, 0) is 52.3 Å². The fraction of sp³-hybridized carbons (Fsp3) is 0. The van der Waals surface area contributed by atoms with E-state index >= 15 is 0 Å². The van der Waals surface area contributed by atoms with E-state index in [2.05, 4.69) is 21.2 Å². The Morgan fingerprint density at radius 3 is 2.47 bits per heavy atom. The third-order valence-electron chi connectivity index (χ3n) is 2.42. The van der Waals surface area contributed by atoms with Crippen molar-refractivity contribution in [2.75, 3.05) is 11.1 Å². The van der Waals surface area contributed by atoms with Crippen LogP contribution in [0.25, 0.3) is 0 Å². The van der Waals surface area contributed by atoms with Gasteiger partial charge in [0.2, 0.25) is 0 Å². The van der Waals surface area contributed by atoms with Crippen molar-refractivity contribution in [1.29, 1.82) is 0 Å². The summed E-state index contributed by atoms with van der Waals surface area (Å²) < 4.78 is 0.704. The summed E-state index contributed by atoms with van der Waals surface area (Å²) >= 11 is 15.1. The van der Waals surface area contributed by atoms with Gasteiger partial charge >= 0.3 is 0 Å². The largest absolute Gasteiger partial charge is 0.399 e. The number of carbonyl (C=O) groups is 1. The van der Waals surface area contributed by atoms with Crippen LogP contribution in [0, 0.1) is 0 Å². The summed E-state index contributed by atoms with van der Waals surface area (Å²) in [6.45, 7) is 0. The highest BCUT2D eigenvalue weighted by Gasteiger charge is 2.11. The van der Waals surface area contributed by atoms with Crippen LogP contribution in [0.4, 0.5) is 11.4 Å². The number of nitrogens with one attached hydrogen (secondary N) is 1. The van der Waals surface area contributed by atoms with Gasteiger partial charge in [-0.2, -0.15) is 0 Å². The molecule has 0 saturated carbocycles. The second kappa shape index (κ2) is 5.82. The van der Waals surface area contributed by atoms with Crippen LogP contribution in [-0.2, 0) is 0 Å². The first-order chi connectivity index (χ1) is 8.97. The minimum absolute atomic E-state index is 0.306. The maximum Gasteiger partial charge on any atom is 0.257 e. The molecule has 3 N–H and O–H groups in total. The van der Waals surface area contributed by atoms with Crippen molar-refractivity contribution in [2.45, 2.75) is 0 Å². The summed E-state index contributed by atoms with van der Waals surface area (Å²) in [5.41, 5.74) is 7.07. The molecule has 3 nitrogen and oxygen atoms in total. The zero-order valence-corrected chi connectivity index (χ0v) is 12.7. The van der Waals surface area contributed by atoms with Crippen LogP contribution in [0.15, 0.2) is 40.9 Å². The third-order valence-corrected chi connectivity index (χ3v) is 3.94. The molecule has 2 aromatic rings. The van der Waals surface area contributed by atoms with Gasteiger partial charge in [-0.25, -0.2) is 0 Å². The minimum Gasteiger partial charge on any atom is -0.399 e. The molecule has 0 saturated heterocycles. The van der Waals surface area contributed by atoms with Crippen LogP contribution in [0.5, 0.6) is 0 Å². The summed E-state index contributed by atoms with van der Waals surface area (Å²) in [6, 6.07) is 9.85. The average molecular weight is 360 g/mol. The molecular weight excluding hydrogens is 351 g/mol. The standard InChI is InChI=1S/C13H9BrCl2N2O/c14-10-6-8(2-4-11(10)15)18-13(19)9-3-1-7(17)5-12(9)16/h1-6H,17H2,(H,18,19). The van der Waals surface area contributed by atoms with E-state index in [1.807, 2.05) is 0 Å². The highest BCUT2D eigenvalue weighted by Crippen LogP contribution is 2.26. The molecular formula is C13H9BrCl2N2O. The Balaban J connectivity index is 2.23. The SMILES string of the molecule is Nc1ccc(C(=O)Nc2ccc(Cl)c(Br)c2)c(Cl)c1. The number of carbonyl (C=O) groups excluding carboxylic acids is 1. The van der Waals surface area contributed by atoms with Crippen molar-refractivity contribution < 1.29 is 4.79 Å². The number of halogens is 3. The number of hydrogen-bond acceptors (Lipinski definition) is 2. The normalized spacial score (nSPS) is 10.3. The number of hydrogen-bond donors (Lipinski definition) is 2. The molecule has 2 rings (SSSR count). The highest BCUT2D eigenvalue weighted by atomic mass is 79.9. The molecule has 0 bridgehead atoms. The second-order valence-electron chi connectivity index (χ2n) is 3.82. The smallest absolute Gasteiger partial charge is 0.257 e. The molecule has 0 radical (unpaired) electrons. The fourth-order valence-corrected chi connectivity index (χ4v) is 2.26. The maximum absolute atomic E-state index is 12.1. The van der Waals surface area contributed by atoms with Crippen molar-refractivity contribution >= 4 is 56.4 Å². The van der Waals surface area contributed by atoms with Gasteiger partial charge in [0.1, 0.15) is 0 Å². The summed E-state index contributed by atoms with van der Waals surface area (Å²) in [5.74, 6) is -0.306. The van der Waals surface area contributed by atoms with Crippen LogP contribution < -0.4 is 11.1 Å². The van der Waals surface area contributed by atoms with Gasteiger partial charge in [-0.1, -0.05) is 23.2 Å². The average Bonchev–Trinajstić information content (AvgIpc) is 2.33. The van der Waals surface area contributed by atoms with Crippen LogP contribution in [0.2, 0.25) is 10.0 Å². The number of benzene rings is 2. The molecule has 0 unspecified atom stereocenters. The Bertz CT molecular complexity index is 647. The van der Waals surface area contributed by atoms with Crippen molar-refractivity contribution in [3.05, 3.63) is 56.5 Å². The van der Waals surface area contributed by atoms with Gasteiger partial charge in [-0.3, -0.25) is 4.79 Å². The van der Waals surface area contributed by atoms with E-state index in [-0.39, 0.29) is 5.91 Å². The lowest BCUT2D eigenvalue weighted by Gasteiger charge is -2.08. The molecule has 0 spiro atoms. The Morgan fingerprint density at radius 1 is 1.11 bits per heavy atom. The minimum atomic E-state index is -0.306. The van der Waals surface area contributed by atoms with E-state index in [1.165, 1.54) is 6.07 Å². The van der Waals surface area contributed by atoms with Crippen molar-refractivity contribution in [3.63, 3.8) is 0 Å². The van der Waals surface area contributed by atoms with E-state index < -0.39 is 0 Å². The van der Waals surface area contributed by atoms with Crippen LogP contribution in [0.1, 0.15) is 10.4 Å². The van der Waals surface area contributed by atoms with E-state index in [9.17, 15) is 4.79 Å². The topological polar surface area (TPSA) is 55.1 Å². The van der Waals surface area contributed by atoms with E-state index in [1.54, 1.807) is 30.3 Å².